The Balaban J connectivity index is 1.85. The molecule has 0 aliphatic carbocycles. The van der Waals surface area contributed by atoms with Crippen LogP contribution >= 0.6 is 22.9 Å². The average Bonchev–Trinajstić information content (AvgIpc) is 2.93. The van der Waals surface area contributed by atoms with E-state index in [1.54, 1.807) is 25.2 Å². The van der Waals surface area contributed by atoms with E-state index in [1.807, 2.05) is 24.3 Å². The summed E-state index contributed by atoms with van der Waals surface area (Å²) < 4.78 is 0. The van der Waals surface area contributed by atoms with Crippen molar-refractivity contribution in [2.75, 3.05) is 6.54 Å². The van der Waals surface area contributed by atoms with E-state index in [-0.39, 0.29) is 0 Å². The van der Waals surface area contributed by atoms with Crippen molar-refractivity contribution in [3.05, 3.63) is 46.3 Å². The second-order valence-corrected chi connectivity index (χ2v) is 7.49. The molecule has 0 radical (unpaired) electrons. The highest BCUT2D eigenvalue weighted by Gasteiger charge is 2.26. The fourth-order valence-electron chi connectivity index (χ4n) is 1.96. The van der Waals surface area contributed by atoms with Crippen molar-refractivity contribution in [1.29, 1.82) is 0 Å². The summed E-state index contributed by atoms with van der Waals surface area (Å²) in [5.74, 6) is -0.754. The minimum Gasteiger partial charge on any atom is -0.481 e. The zero-order valence-electron chi connectivity index (χ0n) is 12.7. The third-order valence-corrected chi connectivity index (χ3v) is 4.98. The molecule has 0 saturated heterocycles. The normalized spacial score (nSPS) is 11.6. The number of hydrogen-bond donors (Lipinski definition) is 2. The number of carboxylic acid groups (broad SMARTS) is 1. The van der Waals surface area contributed by atoms with Crippen molar-refractivity contribution in [1.82, 2.24) is 5.32 Å². The molecule has 0 atom stereocenters. The molecule has 0 aliphatic heterocycles. The van der Waals surface area contributed by atoms with Crippen LogP contribution in [0.3, 0.4) is 0 Å². The molecule has 1 heterocycles. The lowest BCUT2D eigenvalue weighted by molar-refractivity contribution is -0.147. The number of rotatable bonds is 7. The first-order valence-electron chi connectivity index (χ1n) is 7.17. The highest BCUT2D eigenvalue weighted by Crippen LogP contribution is 2.29. The van der Waals surface area contributed by atoms with Crippen molar-refractivity contribution in [3.8, 4) is 10.4 Å². The average molecular weight is 338 g/mol. The standard InChI is InChI=1S/C17H20ClNO2S/c1-17(2,16(20)21)9-10-19-11-14-7-8-15(22-14)12-3-5-13(18)6-4-12/h3-8,19H,9-11H2,1-2H3,(H,20,21). The monoisotopic (exact) mass is 337 g/mol. The smallest absolute Gasteiger partial charge is 0.309 e. The molecule has 5 heteroatoms. The predicted octanol–water partition coefficient (Wildman–Crippen LogP) is 4.66. The van der Waals surface area contributed by atoms with Crippen LogP contribution in [0.4, 0.5) is 0 Å². The lowest BCUT2D eigenvalue weighted by Crippen LogP contribution is -2.28. The Morgan fingerprint density at radius 1 is 1.23 bits per heavy atom. The molecule has 0 amide bonds. The van der Waals surface area contributed by atoms with E-state index in [4.69, 9.17) is 16.7 Å². The van der Waals surface area contributed by atoms with Crippen LogP contribution in [0.25, 0.3) is 10.4 Å². The molecule has 22 heavy (non-hydrogen) atoms. The van der Waals surface area contributed by atoms with Crippen molar-refractivity contribution in [3.63, 3.8) is 0 Å². The van der Waals surface area contributed by atoms with E-state index < -0.39 is 11.4 Å². The Morgan fingerprint density at radius 2 is 1.91 bits per heavy atom. The van der Waals surface area contributed by atoms with Crippen molar-refractivity contribution < 1.29 is 9.90 Å². The quantitative estimate of drug-likeness (QED) is 0.722. The Morgan fingerprint density at radius 3 is 2.55 bits per heavy atom. The molecule has 0 unspecified atom stereocenters. The van der Waals surface area contributed by atoms with Gasteiger partial charge in [0.1, 0.15) is 0 Å². The van der Waals surface area contributed by atoms with E-state index in [2.05, 4.69) is 17.4 Å². The molecule has 0 fully saturated rings. The molecule has 0 aliphatic rings. The summed E-state index contributed by atoms with van der Waals surface area (Å²) in [7, 11) is 0. The number of thiophene rings is 1. The zero-order chi connectivity index (χ0) is 16.2. The third-order valence-electron chi connectivity index (χ3n) is 3.60. The number of aliphatic carboxylic acids is 1. The predicted molar refractivity (Wildman–Crippen MR) is 92.5 cm³/mol. The van der Waals surface area contributed by atoms with E-state index in [1.165, 1.54) is 9.75 Å². The maximum atomic E-state index is 11.0. The van der Waals surface area contributed by atoms with Gasteiger partial charge in [-0.15, -0.1) is 11.3 Å². The number of nitrogens with one attached hydrogen (secondary N) is 1. The summed E-state index contributed by atoms with van der Waals surface area (Å²) in [5, 5.41) is 13.1. The number of hydrogen-bond acceptors (Lipinski definition) is 3. The molecule has 3 nitrogen and oxygen atoms in total. The fourth-order valence-corrected chi connectivity index (χ4v) is 3.07. The Bertz CT molecular complexity index is 634. The first kappa shape index (κ1) is 17.0. The van der Waals surface area contributed by atoms with Crippen LogP contribution in [-0.4, -0.2) is 17.6 Å². The topological polar surface area (TPSA) is 49.3 Å². The van der Waals surface area contributed by atoms with Gasteiger partial charge in [0.15, 0.2) is 0 Å². The highest BCUT2D eigenvalue weighted by atomic mass is 35.5. The first-order chi connectivity index (χ1) is 10.4. The summed E-state index contributed by atoms with van der Waals surface area (Å²) in [6.45, 7) is 4.95. The molecule has 0 bridgehead atoms. The number of carbonyl (C=O) groups is 1. The van der Waals surface area contributed by atoms with Crippen LogP contribution in [0, 0.1) is 5.41 Å². The molecular formula is C17H20ClNO2S. The SMILES string of the molecule is CC(C)(CCNCc1ccc(-c2ccc(Cl)cc2)s1)C(=O)O. The van der Waals surface area contributed by atoms with E-state index in [0.717, 1.165) is 17.1 Å². The molecule has 2 N–H and O–H groups in total. The van der Waals surface area contributed by atoms with Crippen LogP contribution in [0.5, 0.6) is 0 Å². The van der Waals surface area contributed by atoms with Crippen LogP contribution in [0.2, 0.25) is 5.02 Å². The van der Waals surface area contributed by atoms with Gasteiger partial charge in [0, 0.05) is 21.3 Å². The second-order valence-electron chi connectivity index (χ2n) is 5.89. The second kappa shape index (κ2) is 7.27. The highest BCUT2D eigenvalue weighted by molar-refractivity contribution is 7.15. The summed E-state index contributed by atoms with van der Waals surface area (Å²) in [6.07, 6.45) is 0.609. The van der Waals surface area contributed by atoms with Gasteiger partial charge in [0.25, 0.3) is 0 Å². The van der Waals surface area contributed by atoms with Crippen LogP contribution in [-0.2, 0) is 11.3 Å². The number of carboxylic acids is 1. The minimum absolute atomic E-state index is 0.609. The van der Waals surface area contributed by atoms with Crippen LogP contribution < -0.4 is 5.32 Å². The van der Waals surface area contributed by atoms with Crippen LogP contribution in [0.15, 0.2) is 36.4 Å². The molecule has 1 aromatic heterocycles. The van der Waals surface area contributed by atoms with E-state index >= 15 is 0 Å². The molecule has 2 rings (SSSR count). The summed E-state index contributed by atoms with van der Waals surface area (Å²) in [4.78, 5) is 13.5. The molecule has 118 valence electrons. The van der Waals surface area contributed by atoms with Gasteiger partial charge in [-0.25, -0.2) is 0 Å². The van der Waals surface area contributed by atoms with Gasteiger partial charge in [-0.05, 0) is 56.6 Å². The lowest BCUT2D eigenvalue weighted by Gasteiger charge is -2.18. The lowest BCUT2D eigenvalue weighted by atomic mass is 9.90. The summed E-state index contributed by atoms with van der Waals surface area (Å²) >= 11 is 7.63. The molecule has 1 aromatic carbocycles. The van der Waals surface area contributed by atoms with Crippen molar-refractivity contribution in [2.45, 2.75) is 26.8 Å². The summed E-state index contributed by atoms with van der Waals surface area (Å²) in [5.41, 5.74) is 0.476. The van der Waals surface area contributed by atoms with E-state index in [0.29, 0.717) is 13.0 Å². The first-order valence-corrected chi connectivity index (χ1v) is 8.37. The van der Waals surface area contributed by atoms with Gasteiger partial charge in [-0.3, -0.25) is 4.79 Å². The minimum atomic E-state index is -0.754. The maximum absolute atomic E-state index is 11.0. The Hall–Kier alpha value is -1.36. The van der Waals surface area contributed by atoms with Gasteiger partial charge in [0.2, 0.25) is 0 Å². The number of halogens is 1. The zero-order valence-corrected chi connectivity index (χ0v) is 14.3. The summed E-state index contributed by atoms with van der Waals surface area (Å²) in [6, 6.07) is 12.0. The number of benzene rings is 1. The Kier molecular flexibility index (Phi) is 5.62. The fraction of sp³-hybridized carbons (Fsp3) is 0.353. The Labute approximate surface area is 139 Å². The molecule has 0 saturated carbocycles. The third kappa shape index (κ3) is 4.57. The molecule has 2 aromatic rings. The van der Waals surface area contributed by atoms with Gasteiger partial charge < -0.3 is 10.4 Å². The van der Waals surface area contributed by atoms with Crippen molar-refractivity contribution >= 4 is 28.9 Å². The molecule has 0 spiro atoms. The molecular weight excluding hydrogens is 318 g/mol. The largest absolute Gasteiger partial charge is 0.481 e. The van der Waals surface area contributed by atoms with Gasteiger partial charge >= 0.3 is 5.97 Å². The van der Waals surface area contributed by atoms with Gasteiger partial charge in [-0.1, -0.05) is 23.7 Å². The van der Waals surface area contributed by atoms with Crippen molar-refractivity contribution in [2.24, 2.45) is 5.41 Å². The maximum Gasteiger partial charge on any atom is 0.309 e. The van der Waals surface area contributed by atoms with Crippen LogP contribution in [0.1, 0.15) is 25.1 Å². The van der Waals surface area contributed by atoms with Gasteiger partial charge in [0.05, 0.1) is 5.41 Å². The van der Waals surface area contributed by atoms with Gasteiger partial charge in [-0.2, -0.15) is 0 Å². The van der Waals surface area contributed by atoms with E-state index in [9.17, 15) is 4.79 Å².